The molecule has 2 heterocycles. The number of benzene rings is 5. The SMILES string of the molecule is CN(C)c1ccc(NC(=O)CSC2=C(C=C3N(Cc4ccccc4)c4ccccc4C3(C)C)C(=O)C2=CC2=[N+](Cc3ccccc3)c3ccccc3C2(C)C)cc1. The molecule has 0 aromatic heterocycles. The molecule has 6 nitrogen and oxygen atoms in total. The van der Waals surface area contributed by atoms with Gasteiger partial charge in [0.2, 0.25) is 11.6 Å². The van der Waals surface area contributed by atoms with Crippen molar-refractivity contribution in [1.82, 2.24) is 0 Å². The van der Waals surface area contributed by atoms with Crippen molar-refractivity contribution in [2.24, 2.45) is 0 Å². The Morgan fingerprint density at radius 2 is 1.35 bits per heavy atom. The van der Waals surface area contributed by atoms with E-state index in [1.807, 2.05) is 55.4 Å². The summed E-state index contributed by atoms with van der Waals surface area (Å²) in [5.41, 5.74) is 11.6. The minimum absolute atomic E-state index is 0.00461. The average Bonchev–Trinajstić information content (AvgIpc) is 3.55. The molecule has 5 aromatic rings. The van der Waals surface area contributed by atoms with Gasteiger partial charge in [-0.1, -0.05) is 111 Å². The lowest BCUT2D eigenvalue weighted by atomic mass is 9.78. The molecule has 286 valence electrons. The number of hydrogen-bond donors (Lipinski definition) is 1. The van der Waals surface area contributed by atoms with Crippen LogP contribution in [0, 0.1) is 0 Å². The lowest BCUT2D eigenvalue weighted by Gasteiger charge is -2.30. The third-order valence-electron chi connectivity index (χ3n) is 11.5. The largest absolute Gasteiger partial charge is 0.378 e. The van der Waals surface area contributed by atoms with Gasteiger partial charge in [-0.25, -0.2) is 0 Å². The summed E-state index contributed by atoms with van der Waals surface area (Å²) in [7, 11) is 3.99. The van der Waals surface area contributed by atoms with E-state index in [-0.39, 0.29) is 28.3 Å². The number of nitrogens with zero attached hydrogens (tertiary/aromatic N) is 3. The van der Waals surface area contributed by atoms with Gasteiger partial charge in [0.15, 0.2) is 18.0 Å². The molecule has 0 saturated carbocycles. The molecule has 3 aliphatic rings. The Bertz CT molecular complexity index is 2490. The van der Waals surface area contributed by atoms with E-state index < -0.39 is 0 Å². The van der Waals surface area contributed by atoms with Gasteiger partial charge in [-0.15, -0.1) is 11.8 Å². The number of Topliss-reactive ketones (excluding diaryl/α,β-unsaturated/α-hetero) is 1. The molecule has 0 spiro atoms. The van der Waals surface area contributed by atoms with E-state index in [1.54, 1.807) is 0 Å². The zero-order chi connectivity index (χ0) is 39.9. The summed E-state index contributed by atoms with van der Waals surface area (Å²) in [5, 5.41) is 3.08. The standard InChI is InChI=1S/C50H48N4O2S/c1-49(2)40-21-13-15-23-42(40)53(31-34-17-9-7-10-18-34)44(49)29-38-47(56)39(48(38)57-33-46(55)51-36-25-27-37(28-26-36)52(5)6)30-45-50(3,4)41-22-14-16-24-43(41)54(45)32-35-19-11-8-12-20-35/h7-30H,31-33H2,1-6H3/p+1. The fraction of sp³-hybridized carbons (Fsp3) is 0.220. The van der Waals surface area contributed by atoms with Crippen LogP contribution in [-0.2, 0) is 33.5 Å². The molecular formula is C50H49N4O2S+. The maximum absolute atomic E-state index is 14.7. The molecule has 1 N–H and O–H groups in total. The molecule has 0 unspecified atom stereocenters. The topological polar surface area (TPSA) is 55.7 Å². The molecule has 57 heavy (non-hydrogen) atoms. The van der Waals surface area contributed by atoms with Crippen LogP contribution in [0.3, 0.4) is 0 Å². The molecule has 0 bridgehead atoms. The first-order chi connectivity index (χ1) is 27.4. The van der Waals surface area contributed by atoms with Crippen molar-refractivity contribution in [2.45, 2.75) is 51.6 Å². The fourth-order valence-electron chi connectivity index (χ4n) is 8.38. The maximum Gasteiger partial charge on any atom is 0.234 e. The fourth-order valence-corrected chi connectivity index (χ4v) is 9.34. The van der Waals surface area contributed by atoms with Gasteiger partial charge >= 0.3 is 0 Å². The van der Waals surface area contributed by atoms with E-state index in [4.69, 9.17) is 0 Å². The van der Waals surface area contributed by atoms with Gasteiger partial charge in [-0.2, -0.15) is 4.58 Å². The van der Waals surface area contributed by atoms with E-state index in [9.17, 15) is 9.59 Å². The molecule has 0 radical (unpaired) electrons. The second-order valence-corrected chi connectivity index (χ2v) is 17.2. The van der Waals surface area contributed by atoms with E-state index in [0.29, 0.717) is 24.2 Å². The summed E-state index contributed by atoms with van der Waals surface area (Å²) in [6, 6.07) is 45.8. The minimum atomic E-state index is -0.361. The number of amides is 1. The second kappa shape index (κ2) is 15.2. The van der Waals surface area contributed by atoms with Gasteiger partial charge < -0.3 is 15.1 Å². The van der Waals surface area contributed by atoms with Crippen molar-refractivity contribution in [2.75, 3.05) is 35.0 Å². The summed E-state index contributed by atoms with van der Waals surface area (Å²) in [6.07, 6.45) is 4.20. The summed E-state index contributed by atoms with van der Waals surface area (Å²) in [4.78, 5) is 33.5. The van der Waals surface area contributed by atoms with Crippen molar-refractivity contribution < 1.29 is 14.2 Å². The monoisotopic (exact) mass is 769 g/mol. The maximum atomic E-state index is 14.7. The number of para-hydroxylation sites is 2. The Balaban J connectivity index is 1.22. The number of fused-ring (bicyclic) bond motifs is 2. The highest BCUT2D eigenvalue weighted by atomic mass is 32.2. The highest BCUT2D eigenvalue weighted by Gasteiger charge is 2.47. The molecule has 1 aliphatic carbocycles. The van der Waals surface area contributed by atoms with Crippen LogP contribution in [0.2, 0.25) is 0 Å². The number of allylic oxidation sites excluding steroid dienone is 5. The van der Waals surface area contributed by atoms with Crippen LogP contribution in [0.15, 0.2) is 167 Å². The molecular weight excluding hydrogens is 721 g/mol. The molecule has 1 amide bonds. The summed E-state index contributed by atoms with van der Waals surface area (Å²) in [6.45, 7) is 10.3. The number of carbonyl (C=O) groups excluding carboxylic acids is 2. The highest BCUT2D eigenvalue weighted by Crippen LogP contribution is 2.51. The van der Waals surface area contributed by atoms with Crippen LogP contribution in [0.5, 0.6) is 0 Å². The van der Waals surface area contributed by atoms with Crippen LogP contribution >= 0.6 is 11.8 Å². The van der Waals surface area contributed by atoms with Crippen molar-refractivity contribution in [3.05, 3.63) is 190 Å². The molecule has 5 aromatic carbocycles. The lowest BCUT2D eigenvalue weighted by Crippen LogP contribution is -2.32. The van der Waals surface area contributed by atoms with Crippen molar-refractivity contribution >= 4 is 51.9 Å². The van der Waals surface area contributed by atoms with Crippen molar-refractivity contribution in [3.63, 3.8) is 0 Å². The lowest BCUT2D eigenvalue weighted by molar-refractivity contribution is -0.455. The van der Waals surface area contributed by atoms with Gasteiger partial charge in [0.1, 0.15) is 0 Å². The van der Waals surface area contributed by atoms with Crippen molar-refractivity contribution in [3.8, 4) is 0 Å². The molecule has 8 rings (SSSR count). The second-order valence-electron chi connectivity index (χ2n) is 16.3. The Morgan fingerprint density at radius 1 is 0.737 bits per heavy atom. The summed E-state index contributed by atoms with van der Waals surface area (Å²) >= 11 is 1.44. The first-order valence-corrected chi connectivity index (χ1v) is 20.5. The number of carbonyl (C=O) groups is 2. The molecule has 0 fully saturated rings. The Labute approximate surface area is 340 Å². The van der Waals surface area contributed by atoms with Crippen LogP contribution in [0.25, 0.3) is 0 Å². The van der Waals surface area contributed by atoms with Gasteiger partial charge in [-0.3, -0.25) is 9.59 Å². The van der Waals surface area contributed by atoms with Crippen LogP contribution in [0.4, 0.5) is 22.7 Å². The van der Waals surface area contributed by atoms with E-state index >= 15 is 0 Å². The van der Waals surface area contributed by atoms with Gasteiger partial charge in [0, 0.05) is 88.1 Å². The smallest absolute Gasteiger partial charge is 0.234 e. The zero-order valence-corrected chi connectivity index (χ0v) is 34.4. The van der Waals surface area contributed by atoms with Gasteiger partial charge in [0.05, 0.1) is 11.2 Å². The van der Waals surface area contributed by atoms with E-state index in [2.05, 4.69) is 152 Å². The zero-order valence-electron chi connectivity index (χ0n) is 33.5. The number of ketones is 1. The van der Waals surface area contributed by atoms with Gasteiger partial charge in [-0.05, 0) is 61.4 Å². The Kier molecular flexibility index (Phi) is 10.1. The summed E-state index contributed by atoms with van der Waals surface area (Å²) in [5.74, 6) is 0.0311. The van der Waals surface area contributed by atoms with Crippen LogP contribution in [0.1, 0.15) is 49.9 Å². The van der Waals surface area contributed by atoms with Crippen molar-refractivity contribution in [1.29, 1.82) is 0 Å². The number of thioether (sulfide) groups is 1. The number of nitrogens with one attached hydrogen (secondary N) is 1. The van der Waals surface area contributed by atoms with E-state index in [1.165, 1.54) is 34.0 Å². The third kappa shape index (κ3) is 7.17. The minimum Gasteiger partial charge on any atom is -0.378 e. The summed E-state index contributed by atoms with van der Waals surface area (Å²) < 4.78 is 2.35. The first-order valence-electron chi connectivity index (χ1n) is 19.6. The normalized spacial score (nSPS) is 17.9. The first kappa shape index (κ1) is 38.0. The number of anilines is 3. The molecule has 0 saturated heterocycles. The van der Waals surface area contributed by atoms with Gasteiger partial charge in [0.25, 0.3) is 0 Å². The number of rotatable bonds is 11. The third-order valence-corrected chi connectivity index (χ3v) is 12.7. The molecule has 0 atom stereocenters. The predicted octanol–water partition coefficient (Wildman–Crippen LogP) is 10.3. The predicted molar refractivity (Wildman–Crippen MR) is 237 cm³/mol. The highest BCUT2D eigenvalue weighted by molar-refractivity contribution is 8.04. The molecule has 2 aliphatic heterocycles. The molecule has 7 heteroatoms. The quantitative estimate of drug-likeness (QED) is 0.107. The average molecular weight is 770 g/mol. The van der Waals surface area contributed by atoms with E-state index in [0.717, 1.165) is 39.1 Å². The number of hydrogen-bond acceptors (Lipinski definition) is 5. The van der Waals surface area contributed by atoms with Crippen LogP contribution in [-0.4, -0.2) is 41.8 Å². The Morgan fingerprint density at radius 3 is 2.04 bits per heavy atom. The Hall–Kier alpha value is -5.92. The van der Waals surface area contributed by atoms with Crippen LogP contribution < -0.4 is 15.1 Å².